The minimum atomic E-state index is -1.12. The van der Waals surface area contributed by atoms with E-state index in [0.29, 0.717) is 31.6 Å². The zero-order chi connectivity index (χ0) is 29.8. The Bertz CT molecular complexity index is 1330. The molecule has 15 heteroatoms. The minimum absolute atomic E-state index is 0.0426. The van der Waals surface area contributed by atoms with Gasteiger partial charge in [-0.15, -0.1) is 0 Å². The topological polar surface area (TPSA) is 230 Å². The maximum Gasteiger partial charge on any atom is 0.326 e. The summed E-state index contributed by atoms with van der Waals surface area (Å²) >= 11 is 0. The van der Waals surface area contributed by atoms with Crippen molar-refractivity contribution in [3.8, 4) is 12.0 Å². The van der Waals surface area contributed by atoms with Crippen molar-refractivity contribution in [2.45, 2.75) is 51.2 Å². The number of nitrogens with one attached hydrogen (secondary N) is 2. The normalized spacial score (nSPS) is 11.8. The summed E-state index contributed by atoms with van der Waals surface area (Å²) in [6.45, 7) is 1.50. The van der Waals surface area contributed by atoms with Gasteiger partial charge in [0, 0.05) is 26.5 Å². The molecule has 1 atom stereocenters. The van der Waals surface area contributed by atoms with E-state index in [4.69, 9.17) is 20.9 Å². The summed E-state index contributed by atoms with van der Waals surface area (Å²) in [6, 6.07) is 6.06. The molecule has 0 aliphatic heterocycles. The molecule has 222 valence electrons. The fourth-order valence-electron chi connectivity index (χ4n) is 3.89. The van der Waals surface area contributed by atoms with E-state index in [1.807, 2.05) is 24.3 Å². The highest BCUT2D eigenvalue weighted by molar-refractivity contribution is 5.87. The van der Waals surface area contributed by atoms with Crippen LogP contribution < -0.4 is 26.8 Å². The highest BCUT2D eigenvalue weighted by Gasteiger charge is 2.20. The third kappa shape index (κ3) is 9.29. The third-order valence-corrected chi connectivity index (χ3v) is 6.11. The monoisotopic (exact) mass is 572 g/mol. The Hall–Kier alpha value is -4.50. The van der Waals surface area contributed by atoms with Crippen LogP contribution in [0.3, 0.4) is 0 Å². The van der Waals surface area contributed by atoms with Crippen LogP contribution in [-0.2, 0) is 32.2 Å². The Kier molecular flexibility index (Phi) is 11.6. The van der Waals surface area contributed by atoms with Crippen molar-refractivity contribution in [1.82, 2.24) is 30.2 Å². The maximum atomic E-state index is 12.2. The van der Waals surface area contributed by atoms with Gasteiger partial charge in [-0.1, -0.05) is 24.3 Å². The van der Waals surface area contributed by atoms with Gasteiger partial charge in [0.25, 0.3) is 6.01 Å². The number of carboxylic acids is 1. The first kappa shape index (κ1) is 31.0. The number of hydrogen-bond donors (Lipinski definition) is 6. The van der Waals surface area contributed by atoms with Gasteiger partial charge < -0.3 is 41.8 Å². The van der Waals surface area contributed by atoms with Crippen LogP contribution in [0.2, 0.25) is 0 Å². The molecule has 15 nitrogen and oxygen atoms in total. The van der Waals surface area contributed by atoms with Crippen LogP contribution in [0.1, 0.15) is 43.2 Å². The number of ether oxygens (including phenoxy) is 2. The van der Waals surface area contributed by atoms with E-state index >= 15 is 0 Å². The number of methoxy groups -OCH3 is 1. The SMILES string of the molecule is COCCOc1nc(N)c2nc(O)n(Cc3ccc(CNC(=O)CCC(=O)NC(CCCCN)C(=O)O)cc3)c2n1. The number of carbonyl (C=O) groups excluding carboxylic acids is 2. The molecule has 3 rings (SSSR count). The van der Waals surface area contributed by atoms with Crippen LogP contribution in [-0.4, -0.2) is 80.4 Å². The van der Waals surface area contributed by atoms with E-state index in [1.165, 1.54) is 4.57 Å². The van der Waals surface area contributed by atoms with Crippen LogP contribution >= 0.6 is 0 Å². The second-order valence-corrected chi connectivity index (χ2v) is 9.24. The Balaban J connectivity index is 1.51. The van der Waals surface area contributed by atoms with Crippen molar-refractivity contribution in [3.63, 3.8) is 0 Å². The highest BCUT2D eigenvalue weighted by atomic mass is 16.5. The second kappa shape index (κ2) is 15.3. The summed E-state index contributed by atoms with van der Waals surface area (Å²) in [7, 11) is 1.54. The fourth-order valence-corrected chi connectivity index (χ4v) is 3.89. The van der Waals surface area contributed by atoms with Crippen LogP contribution in [0.4, 0.5) is 5.82 Å². The second-order valence-electron chi connectivity index (χ2n) is 9.24. The number of benzene rings is 1. The van der Waals surface area contributed by atoms with E-state index in [0.717, 1.165) is 11.1 Å². The van der Waals surface area contributed by atoms with Crippen LogP contribution in [0.5, 0.6) is 12.0 Å². The highest BCUT2D eigenvalue weighted by Crippen LogP contribution is 2.25. The molecule has 3 aromatic rings. The van der Waals surface area contributed by atoms with Crippen molar-refractivity contribution in [2.75, 3.05) is 32.6 Å². The third-order valence-electron chi connectivity index (χ3n) is 6.11. The lowest BCUT2D eigenvalue weighted by Gasteiger charge is -2.14. The lowest BCUT2D eigenvalue weighted by Crippen LogP contribution is -2.41. The van der Waals surface area contributed by atoms with Gasteiger partial charge in [-0.3, -0.25) is 14.2 Å². The molecule has 0 saturated heterocycles. The number of nitrogen functional groups attached to an aromatic ring is 1. The van der Waals surface area contributed by atoms with Crippen LogP contribution in [0.25, 0.3) is 11.2 Å². The average Bonchev–Trinajstić information content (AvgIpc) is 3.26. The summed E-state index contributed by atoms with van der Waals surface area (Å²) in [5.74, 6) is -1.88. The smallest absolute Gasteiger partial charge is 0.326 e. The average molecular weight is 573 g/mol. The zero-order valence-corrected chi connectivity index (χ0v) is 22.8. The van der Waals surface area contributed by atoms with Gasteiger partial charge >= 0.3 is 12.0 Å². The van der Waals surface area contributed by atoms with E-state index in [9.17, 15) is 24.6 Å². The summed E-state index contributed by atoms with van der Waals surface area (Å²) < 4.78 is 11.9. The molecule has 41 heavy (non-hydrogen) atoms. The molecule has 0 aliphatic rings. The van der Waals surface area contributed by atoms with Crippen molar-refractivity contribution in [3.05, 3.63) is 35.4 Å². The Morgan fingerprint density at radius 2 is 1.73 bits per heavy atom. The summed E-state index contributed by atoms with van der Waals surface area (Å²) in [4.78, 5) is 48.1. The Morgan fingerprint density at radius 3 is 2.41 bits per heavy atom. The van der Waals surface area contributed by atoms with Crippen molar-refractivity contribution in [1.29, 1.82) is 0 Å². The molecular formula is C26H36N8O7. The molecule has 8 N–H and O–H groups in total. The number of nitrogens with two attached hydrogens (primary N) is 2. The van der Waals surface area contributed by atoms with Crippen molar-refractivity contribution < 1.29 is 34.1 Å². The molecule has 0 bridgehead atoms. The van der Waals surface area contributed by atoms with E-state index in [2.05, 4.69) is 25.6 Å². The van der Waals surface area contributed by atoms with Gasteiger partial charge in [0.2, 0.25) is 11.8 Å². The number of imidazole rings is 1. The van der Waals surface area contributed by atoms with Gasteiger partial charge in [-0.2, -0.15) is 15.0 Å². The number of aromatic nitrogens is 4. The quantitative estimate of drug-likeness (QED) is 0.120. The molecular weight excluding hydrogens is 536 g/mol. The summed E-state index contributed by atoms with van der Waals surface area (Å²) in [5.41, 5.74) is 13.6. The first-order chi connectivity index (χ1) is 19.7. The molecule has 0 radical (unpaired) electrons. The van der Waals surface area contributed by atoms with E-state index in [1.54, 1.807) is 7.11 Å². The Morgan fingerprint density at radius 1 is 1.02 bits per heavy atom. The number of carboxylic acid groups (broad SMARTS) is 1. The molecule has 0 spiro atoms. The standard InChI is InChI=1S/C26H36N8O7/c1-40-12-13-41-25-32-22(28)21-23(33-25)34(26(39)31-21)15-17-7-5-16(6-8-17)14-29-19(35)9-10-20(36)30-18(24(37)38)4-2-3-11-27/h5-8,18H,2-4,9-15,27H2,1H3,(H,29,35)(H,30,36)(H,31,39)(H,37,38)(H2,28,32,33). The maximum absolute atomic E-state index is 12.2. The molecule has 2 heterocycles. The number of aromatic hydroxyl groups is 1. The molecule has 2 aromatic heterocycles. The largest absolute Gasteiger partial charge is 0.480 e. The predicted octanol–water partition coefficient (Wildman–Crippen LogP) is 0.282. The van der Waals surface area contributed by atoms with Gasteiger partial charge in [0.1, 0.15) is 12.6 Å². The lowest BCUT2D eigenvalue weighted by molar-refractivity contribution is -0.142. The molecule has 1 unspecified atom stereocenters. The van der Waals surface area contributed by atoms with Gasteiger partial charge in [0.15, 0.2) is 17.0 Å². The number of unbranched alkanes of at least 4 members (excludes halogenated alkanes) is 1. The first-order valence-electron chi connectivity index (χ1n) is 13.1. The predicted molar refractivity (Wildman–Crippen MR) is 148 cm³/mol. The van der Waals surface area contributed by atoms with Gasteiger partial charge in [-0.25, -0.2) is 4.79 Å². The van der Waals surface area contributed by atoms with Gasteiger partial charge in [0.05, 0.1) is 13.2 Å². The molecule has 1 aromatic carbocycles. The van der Waals surface area contributed by atoms with E-state index in [-0.39, 0.29) is 68.2 Å². The number of rotatable bonds is 17. The molecule has 0 aliphatic carbocycles. The molecule has 2 amide bonds. The van der Waals surface area contributed by atoms with E-state index < -0.39 is 17.9 Å². The number of hydrogen-bond acceptors (Lipinski definition) is 11. The number of amides is 2. The number of aliphatic carboxylic acids is 1. The van der Waals surface area contributed by atoms with Gasteiger partial charge in [-0.05, 0) is 36.9 Å². The van der Waals surface area contributed by atoms with Crippen LogP contribution in [0, 0.1) is 0 Å². The number of fused-ring (bicyclic) bond motifs is 1. The summed E-state index contributed by atoms with van der Waals surface area (Å²) in [5, 5.41) is 24.9. The molecule has 0 fully saturated rings. The number of carbonyl (C=O) groups is 3. The number of anilines is 1. The first-order valence-corrected chi connectivity index (χ1v) is 13.1. The number of nitrogens with zero attached hydrogens (tertiary/aromatic N) is 4. The fraction of sp³-hybridized carbons (Fsp3) is 0.462. The van der Waals surface area contributed by atoms with Crippen LogP contribution in [0.15, 0.2) is 24.3 Å². The minimum Gasteiger partial charge on any atom is -0.480 e. The Labute approximate surface area is 236 Å². The van der Waals surface area contributed by atoms with Crippen molar-refractivity contribution >= 4 is 34.8 Å². The van der Waals surface area contributed by atoms with Crippen molar-refractivity contribution in [2.24, 2.45) is 5.73 Å². The zero-order valence-electron chi connectivity index (χ0n) is 22.8. The lowest BCUT2D eigenvalue weighted by atomic mass is 10.1. The summed E-state index contributed by atoms with van der Waals surface area (Å²) in [6.07, 6.45) is 1.34. The molecule has 0 saturated carbocycles.